The van der Waals surface area contributed by atoms with Crippen LogP contribution in [0.4, 0.5) is 0 Å². The first kappa shape index (κ1) is 24.1. The highest BCUT2D eigenvalue weighted by molar-refractivity contribution is 5.69. The highest BCUT2D eigenvalue weighted by Gasteiger charge is 2.51. The summed E-state index contributed by atoms with van der Waals surface area (Å²) in [6.45, 7) is 3.53. The molecule has 3 aromatic rings. The molecule has 0 bridgehead atoms. The molecule has 1 fully saturated rings. The van der Waals surface area contributed by atoms with Gasteiger partial charge in [-0.1, -0.05) is 59.8 Å². The third-order valence-corrected chi connectivity index (χ3v) is 5.40. The van der Waals surface area contributed by atoms with Crippen LogP contribution in [0.3, 0.4) is 0 Å². The van der Waals surface area contributed by atoms with Crippen LogP contribution in [-0.2, 0) is 33.3 Å². The van der Waals surface area contributed by atoms with Gasteiger partial charge in [-0.2, -0.15) is 0 Å². The highest BCUT2D eigenvalue weighted by atomic mass is 16.7. The van der Waals surface area contributed by atoms with E-state index in [2.05, 4.69) is 10.3 Å². The van der Waals surface area contributed by atoms with Crippen molar-refractivity contribution in [2.24, 2.45) is 0 Å². The zero-order valence-electron chi connectivity index (χ0n) is 19.5. The second-order valence-electron chi connectivity index (χ2n) is 8.04. The fourth-order valence-corrected chi connectivity index (χ4v) is 3.90. The lowest BCUT2D eigenvalue weighted by atomic mass is 10.0. The molecule has 1 aliphatic rings. The molecule has 10 heteroatoms. The van der Waals surface area contributed by atoms with Gasteiger partial charge in [-0.15, -0.1) is 5.10 Å². The smallest absolute Gasteiger partial charge is 0.303 e. The van der Waals surface area contributed by atoms with Crippen LogP contribution in [-0.4, -0.2) is 57.8 Å². The Morgan fingerprint density at radius 1 is 0.829 bits per heavy atom. The van der Waals surface area contributed by atoms with Crippen LogP contribution in [0.25, 0.3) is 22.4 Å². The Labute approximate surface area is 201 Å². The number of ether oxygens (including phenoxy) is 4. The Hall–Kier alpha value is -4.05. The maximum absolute atomic E-state index is 11.8. The van der Waals surface area contributed by atoms with Crippen molar-refractivity contribution in [2.45, 2.75) is 45.3 Å². The lowest BCUT2D eigenvalue weighted by molar-refractivity contribution is -0.166. The van der Waals surface area contributed by atoms with Crippen LogP contribution in [0, 0.1) is 0 Å². The average Bonchev–Trinajstić information content (AvgIpc) is 3.43. The number of nitrogens with zero attached hydrogens (tertiary/aromatic N) is 3. The molecular weight excluding hydrogens is 454 g/mol. The molecule has 1 aliphatic heterocycles. The minimum atomic E-state index is -1.02. The Morgan fingerprint density at radius 3 is 2.06 bits per heavy atom. The van der Waals surface area contributed by atoms with E-state index in [1.54, 1.807) is 6.20 Å². The summed E-state index contributed by atoms with van der Waals surface area (Å²) in [5.41, 5.74) is 3.56. The molecule has 0 saturated carbocycles. The fraction of sp³-hybridized carbons (Fsp3) is 0.320. The van der Waals surface area contributed by atoms with Gasteiger partial charge in [0.05, 0.1) is 6.20 Å². The molecule has 4 atom stereocenters. The molecule has 4 rings (SSSR count). The van der Waals surface area contributed by atoms with Crippen LogP contribution in [0.5, 0.6) is 0 Å². The summed E-state index contributed by atoms with van der Waals surface area (Å²) in [5, 5.41) is 8.39. The first-order valence-electron chi connectivity index (χ1n) is 11.0. The minimum Gasteiger partial charge on any atom is -0.463 e. The molecule has 0 aliphatic carbocycles. The van der Waals surface area contributed by atoms with Crippen molar-refractivity contribution in [3.63, 3.8) is 0 Å². The minimum absolute atomic E-state index is 0.190. The molecule has 1 aromatic heterocycles. The summed E-state index contributed by atoms with van der Waals surface area (Å²) in [7, 11) is 0. The number of carbonyl (C=O) groups is 3. The normalized spacial score (nSPS) is 21.3. The topological polar surface area (TPSA) is 119 Å². The molecule has 1 saturated heterocycles. The SMILES string of the molecule is CC(=O)OC[C@H]1O[C@@H](n2cc(-c3ccc(-c4ccccc4)cc3)nn2)[C@H](OC(C)=O)[C@@H]1OC(C)=O. The van der Waals surface area contributed by atoms with Gasteiger partial charge in [0.25, 0.3) is 0 Å². The number of carbonyl (C=O) groups excluding carboxylic acids is 3. The van der Waals surface area contributed by atoms with E-state index in [0.717, 1.165) is 16.7 Å². The second-order valence-corrected chi connectivity index (χ2v) is 8.04. The van der Waals surface area contributed by atoms with Crippen LogP contribution in [0.15, 0.2) is 60.8 Å². The van der Waals surface area contributed by atoms with E-state index in [-0.39, 0.29) is 6.61 Å². The number of rotatable bonds is 7. The zero-order valence-corrected chi connectivity index (χ0v) is 19.5. The van der Waals surface area contributed by atoms with E-state index in [1.807, 2.05) is 54.6 Å². The van der Waals surface area contributed by atoms with E-state index in [9.17, 15) is 14.4 Å². The van der Waals surface area contributed by atoms with Gasteiger partial charge in [-0.3, -0.25) is 14.4 Å². The van der Waals surface area contributed by atoms with Crippen LogP contribution >= 0.6 is 0 Å². The molecule has 0 amide bonds. The molecular formula is C25H25N3O7. The van der Waals surface area contributed by atoms with Crippen molar-refractivity contribution in [2.75, 3.05) is 6.61 Å². The first-order valence-corrected chi connectivity index (χ1v) is 11.0. The van der Waals surface area contributed by atoms with E-state index in [0.29, 0.717) is 5.69 Å². The van der Waals surface area contributed by atoms with E-state index < -0.39 is 42.4 Å². The summed E-state index contributed by atoms with van der Waals surface area (Å²) < 4.78 is 23.2. The van der Waals surface area contributed by atoms with Gasteiger partial charge in [-0.05, 0) is 11.1 Å². The van der Waals surface area contributed by atoms with E-state index in [1.165, 1.54) is 25.5 Å². The molecule has 10 nitrogen and oxygen atoms in total. The van der Waals surface area contributed by atoms with Gasteiger partial charge in [0, 0.05) is 26.3 Å². The van der Waals surface area contributed by atoms with Gasteiger partial charge < -0.3 is 18.9 Å². The average molecular weight is 479 g/mol. The molecule has 0 unspecified atom stereocenters. The quantitative estimate of drug-likeness (QED) is 0.372. The van der Waals surface area contributed by atoms with Gasteiger partial charge >= 0.3 is 17.9 Å². The molecule has 0 radical (unpaired) electrons. The molecule has 35 heavy (non-hydrogen) atoms. The molecule has 0 spiro atoms. The summed E-state index contributed by atoms with van der Waals surface area (Å²) in [6, 6.07) is 17.8. The van der Waals surface area contributed by atoms with Gasteiger partial charge in [0.1, 0.15) is 18.4 Å². The number of benzene rings is 2. The van der Waals surface area contributed by atoms with Crippen LogP contribution in [0.2, 0.25) is 0 Å². The van der Waals surface area contributed by atoms with Crippen molar-refractivity contribution < 1.29 is 33.3 Å². The van der Waals surface area contributed by atoms with Crippen molar-refractivity contribution in [1.82, 2.24) is 15.0 Å². The third-order valence-electron chi connectivity index (χ3n) is 5.40. The molecule has 2 heterocycles. The molecule has 2 aromatic carbocycles. The van der Waals surface area contributed by atoms with Crippen molar-refractivity contribution in [3.8, 4) is 22.4 Å². The predicted octanol–water partition coefficient (Wildman–Crippen LogP) is 2.94. The highest BCUT2D eigenvalue weighted by Crippen LogP contribution is 2.35. The van der Waals surface area contributed by atoms with Crippen molar-refractivity contribution >= 4 is 17.9 Å². The predicted molar refractivity (Wildman–Crippen MR) is 123 cm³/mol. The Kier molecular flexibility index (Phi) is 7.21. The second kappa shape index (κ2) is 10.5. The summed E-state index contributed by atoms with van der Waals surface area (Å²) in [5.74, 6) is -1.71. The van der Waals surface area contributed by atoms with Crippen molar-refractivity contribution in [3.05, 3.63) is 60.8 Å². The number of hydrogen-bond donors (Lipinski definition) is 0. The van der Waals surface area contributed by atoms with E-state index in [4.69, 9.17) is 18.9 Å². The van der Waals surface area contributed by atoms with E-state index >= 15 is 0 Å². The van der Waals surface area contributed by atoms with Crippen molar-refractivity contribution in [1.29, 1.82) is 0 Å². The van der Waals surface area contributed by atoms with Gasteiger partial charge in [0.15, 0.2) is 18.4 Å². The fourth-order valence-electron chi connectivity index (χ4n) is 3.90. The van der Waals surface area contributed by atoms with Gasteiger partial charge in [-0.25, -0.2) is 4.68 Å². The maximum Gasteiger partial charge on any atom is 0.303 e. The number of aromatic nitrogens is 3. The first-order chi connectivity index (χ1) is 16.8. The largest absolute Gasteiger partial charge is 0.463 e. The molecule has 0 N–H and O–H groups in total. The monoisotopic (exact) mass is 479 g/mol. The van der Waals surface area contributed by atoms with Gasteiger partial charge in [0.2, 0.25) is 0 Å². The Balaban J connectivity index is 1.59. The summed E-state index contributed by atoms with van der Waals surface area (Å²) in [4.78, 5) is 34.8. The lowest BCUT2D eigenvalue weighted by Crippen LogP contribution is -2.40. The number of esters is 3. The molecule has 182 valence electrons. The Morgan fingerprint density at radius 2 is 1.43 bits per heavy atom. The third kappa shape index (κ3) is 5.72. The van der Waals surface area contributed by atoms with Crippen LogP contribution < -0.4 is 0 Å². The standard InChI is InChI=1S/C25H25N3O7/c1-15(29)32-14-22-23(33-16(2)30)24(34-17(3)31)25(35-22)28-13-21(26-27-28)20-11-9-19(10-12-20)18-7-5-4-6-8-18/h4-13,22-25H,14H2,1-3H3/t22-,23-,24-,25-/m1/s1. The lowest BCUT2D eigenvalue weighted by Gasteiger charge is -2.23. The Bertz CT molecular complexity index is 1190. The van der Waals surface area contributed by atoms with Crippen LogP contribution in [0.1, 0.15) is 27.0 Å². The maximum atomic E-state index is 11.8. The number of hydrogen-bond acceptors (Lipinski definition) is 9. The zero-order chi connectivity index (χ0) is 24.9. The summed E-state index contributed by atoms with van der Waals surface area (Å²) in [6.07, 6.45) is -2.19. The summed E-state index contributed by atoms with van der Waals surface area (Å²) >= 11 is 0.